The second-order valence-electron chi connectivity index (χ2n) is 34.6. The van der Waals surface area contributed by atoms with Gasteiger partial charge in [0.15, 0.2) is 0 Å². The predicted octanol–water partition coefficient (Wildman–Crippen LogP) is 22.0. The van der Waals surface area contributed by atoms with Gasteiger partial charge in [-0.25, -0.2) is 0 Å². The molecule has 0 radical (unpaired) electrons. The lowest BCUT2D eigenvalue weighted by atomic mass is 9.54. The molecule has 0 aromatic carbocycles. The van der Waals surface area contributed by atoms with Crippen LogP contribution in [0.15, 0.2) is 0 Å². The highest BCUT2D eigenvalue weighted by Crippen LogP contribution is 2.57. The Morgan fingerprint density at radius 2 is 0.554 bits per heavy atom. The van der Waals surface area contributed by atoms with Crippen LogP contribution in [0.4, 0.5) is 0 Å². The summed E-state index contributed by atoms with van der Waals surface area (Å²) in [5, 5.41) is 0. The maximum Gasteiger partial charge on any atom is 0.312 e. The van der Waals surface area contributed by atoms with Gasteiger partial charge in [-0.3, -0.25) is 28.8 Å². The van der Waals surface area contributed by atoms with E-state index in [2.05, 4.69) is 34.6 Å². The van der Waals surface area contributed by atoms with E-state index in [0.29, 0.717) is 0 Å². The minimum Gasteiger partial charge on any atom is -0.462 e. The Morgan fingerprint density at radius 3 is 0.848 bits per heavy atom. The first-order valence-corrected chi connectivity index (χ1v) is 38.1. The Kier molecular flexibility index (Phi) is 32.4. The van der Waals surface area contributed by atoms with Crippen LogP contribution in [0.25, 0.3) is 0 Å². The van der Waals surface area contributed by atoms with Crippen LogP contribution in [0.2, 0.25) is 0 Å². The van der Waals surface area contributed by atoms with Crippen molar-refractivity contribution in [3.05, 3.63) is 0 Å². The zero-order valence-electron chi connectivity index (χ0n) is 63.9. The molecule has 0 saturated heterocycles. The first kappa shape index (κ1) is 83.0. The average Bonchev–Trinajstić information content (AvgIpc) is 0.887. The van der Waals surface area contributed by atoms with E-state index in [4.69, 9.17) is 28.4 Å². The van der Waals surface area contributed by atoms with Crippen molar-refractivity contribution < 1.29 is 57.2 Å². The van der Waals surface area contributed by atoms with Crippen molar-refractivity contribution in [1.29, 1.82) is 0 Å². The smallest absolute Gasteiger partial charge is 0.312 e. The molecule has 0 heterocycles. The molecule has 9 fully saturated rings. The molecule has 0 N–H and O–H groups in total. The molecular weight excluding hydrogens is 1150 g/mol. The summed E-state index contributed by atoms with van der Waals surface area (Å²) in [6, 6.07) is 0. The molecule has 12 heteroatoms. The lowest BCUT2D eigenvalue weighted by molar-refractivity contribution is -0.196. The van der Waals surface area contributed by atoms with Crippen molar-refractivity contribution in [2.75, 3.05) is 0 Å². The SMILES string of the molecule is CCC(C)(C)C(=O)OC1(C)CCCC1.CCC(C)(C)C(=O)OC1(C)CCCCC1.CCC(C)(C)C(=O)OC12CC3CC(CC(C3)C1)C2.CCC(C)(C)C(=O)OC1CCCCC1.CCC1(OC(=O)C(C)(C)CC)CCCC1.CCC1(OC(=O)C(C)(C)CC)CCCCC1. The highest BCUT2D eigenvalue weighted by Gasteiger charge is 2.54. The van der Waals surface area contributed by atoms with Crippen LogP contribution in [0.1, 0.15) is 390 Å². The van der Waals surface area contributed by atoms with Gasteiger partial charge in [-0.2, -0.15) is 0 Å². The molecule has 0 amide bonds. The van der Waals surface area contributed by atoms with Crippen LogP contribution in [0, 0.1) is 50.2 Å². The molecule has 0 atom stereocenters. The Labute approximate surface area is 564 Å². The molecule has 0 unspecified atom stereocenters. The van der Waals surface area contributed by atoms with E-state index in [9.17, 15) is 28.8 Å². The van der Waals surface area contributed by atoms with Crippen LogP contribution in [-0.2, 0) is 57.2 Å². The van der Waals surface area contributed by atoms with Crippen LogP contribution in [0.5, 0.6) is 0 Å². The first-order valence-electron chi connectivity index (χ1n) is 38.1. The Balaban J connectivity index is 0.000000289. The van der Waals surface area contributed by atoms with Gasteiger partial charge in [0.25, 0.3) is 0 Å². The second-order valence-corrected chi connectivity index (χ2v) is 34.6. The fraction of sp³-hybridized carbons (Fsp3) is 0.925. The molecule has 0 aromatic heterocycles. The van der Waals surface area contributed by atoms with Gasteiger partial charge in [0.1, 0.15) is 34.1 Å². The minimum absolute atomic E-state index is 0.0150. The van der Waals surface area contributed by atoms with Crippen molar-refractivity contribution in [3.8, 4) is 0 Å². The number of ether oxygens (including phenoxy) is 6. The summed E-state index contributed by atoms with van der Waals surface area (Å²) in [6.07, 6.45) is 41.1. The summed E-state index contributed by atoms with van der Waals surface area (Å²) in [4.78, 5) is 72.0. The second kappa shape index (κ2) is 35.9. The van der Waals surface area contributed by atoms with Crippen LogP contribution in [0.3, 0.4) is 0 Å². The zero-order chi connectivity index (χ0) is 69.7. The summed E-state index contributed by atoms with van der Waals surface area (Å²) in [7, 11) is 0. The number of carbonyl (C=O) groups is 6. The Morgan fingerprint density at radius 1 is 0.315 bits per heavy atom. The highest BCUT2D eigenvalue weighted by molar-refractivity contribution is 5.78. The number of carbonyl (C=O) groups excluding carboxylic acids is 6. The van der Waals surface area contributed by atoms with E-state index in [1.807, 2.05) is 118 Å². The van der Waals surface area contributed by atoms with Crippen molar-refractivity contribution in [1.82, 2.24) is 0 Å². The van der Waals surface area contributed by atoms with E-state index in [1.165, 1.54) is 103 Å². The van der Waals surface area contributed by atoms with Gasteiger partial charge in [-0.1, -0.05) is 74.7 Å². The van der Waals surface area contributed by atoms with E-state index in [0.717, 1.165) is 153 Å². The average molecular weight is 1300 g/mol. The van der Waals surface area contributed by atoms with Gasteiger partial charge in [0.2, 0.25) is 0 Å². The monoisotopic (exact) mass is 1300 g/mol. The summed E-state index contributed by atoms with van der Waals surface area (Å²) in [5.74, 6) is 2.43. The van der Waals surface area contributed by atoms with Crippen LogP contribution in [-0.4, -0.2) is 69.9 Å². The van der Waals surface area contributed by atoms with E-state index in [1.54, 1.807) is 0 Å². The van der Waals surface area contributed by atoms with Gasteiger partial charge in [0.05, 0.1) is 32.5 Å². The van der Waals surface area contributed by atoms with Crippen LogP contribution >= 0.6 is 0 Å². The topological polar surface area (TPSA) is 158 Å². The standard InChI is InChI=1S/C16H26O2.C14H26O2.2C13H24O2.2C12H22O2/c1-4-15(2,3)14(17)18-16-8-11-5-12(9-16)7-13(6-11)10-16;1-5-13(3,4)12(15)16-14(6-2)10-8-7-9-11-14;1-5-12(2,3)11(14)15-13(4)9-7-6-8-10-13;1-5-12(3,4)11(14)15-13(6-2)9-7-8-10-13;1-5-11(2,3)10(13)14-12(4)8-6-7-9-12;1-4-12(2,3)11(13)14-10-8-6-5-7-9-10/h11-13H,4-10H2,1-3H3;5-11H2,1-4H3;2*5-10H2,1-4H3;5-9H2,1-4H3;10H,4-9H2,1-3H3. The van der Waals surface area contributed by atoms with Gasteiger partial charge in [-0.15, -0.1) is 0 Å². The lowest BCUT2D eigenvalue weighted by Crippen LogP contribution is -2.53. The van der Waals surface area contributed by atoms with Gasteiger partial charge < -0.3 is 28.4 Å². The molecular formula is C80H144O12. The Bertz CT molecular complexity index is 2220. The largest absolute Gasteiger partial charge is 0.462 e. The molecule has 536 valence electrons. The molecule has 0 aromatic rings. The third-order valence-corrected chi connectivity index (χ3v) is 24.2. The van der Waals surface area contributed by atoms with E-state index >= 15 is 0 Å². The van der Waals surface area contributed by atoms with Gasteiger partial charge >= 0.3 is 35.8 Å². The quantitative estimate of drug-likeness (QED) is 0.0840. The van der Waals surface area contributed by atoms with Crippen molar-refractivity contribution in [3.63, 3.8) is 0 Å². The molecule has 92 heavy (non-hydrogen) atoms. The van der Waals surface area contributed by atoms with Gasteiger partial charge in [-0.05, 0) is 333 Å². The molecule has 12 nitrogen and oxygen atoms in total. The molecule has 4 bridgehead atoms. The van der Waals surface area contributed by atoms with E-state index < -0.39 is 0 Å². The zero-order valence-corrected chi connectivity index (χ0v) is 63.9. The summed E-state index contributed by atoms with van der Waals surface area (Å²) in [6.45, 7) is 44.3. The minimum atomic E-state index is -0.334. The van der Waals surface area contributed by atoms with Crippen LogP contribution < -0.4 is 0 Å². The summed E-state index contributed by atoms with van der Waals surface area (Å²) >= 11 is 0. The van der Waals surface area contributed by atoms with Crippen molar-refractivity contribution >= 4 is 35.8 Å². The fourth-order valence-electron chi connectivity index (χ4n) is 14.1. The molecule has 0 spiro atoms. The lowest BCUT2D eigenvalue weighted by Gasteiger charge is -2.56. The highest BCUT2D eigenvalue weighted by atomic mass is 16.6. The number of hydrogen-bond donors (Lipinski definition) is 0. The van der Waals surface area contributed by atoms with Crippen molar-refractivity contribution in [2.24, 2.45) is 50.2 Å². The molecule has 9 aliphatic rings. The number of hydrogen-bond acceptors (Lipinski definition) is 12. The molecule has 9 rings (SSSR count). The third-order valence-electron chi connectivity index (χ3n) is 24.2. The maximum atomic E-state index is 12.4. The summed E-state index contributed by atoms with van der Waals surface area (Å²) < 4.78 is 34.5. The molecule has 9 aliphatic carbocycles. The normalized spacial score (nSPS) is 24.7. The van der Waals surface area contributed by atoms with E-state index in [-0.39, 0.29) is 102 Å². The fourth-order valence-corrected chi connectivity index (χ4v) is 14.1. The maximum absolute atomic E-state index is 12.4. The summed E-state index contributed by atoms with van der Waals surface area (Å²) in [5.41, 5.74) is -2.67. The Hall–Kier alpha value is -3.18. The predicted molar refractivity (Wildman–Crippen MR) is 375 cm³/mol. The molecule has 0 aliphatic heterocycles. The number of esters is 6. The van der Waals surface area contributed by atoms with Crippen molar-refractivity contribution in [2.45, 2.75) is 424 Å². The first-order chi connectivity index (χ1) is 42.7. The third kappa shape index (κ3) is 25.4. The molecule has 9 saturated carbocycles. The van der Waals surface area contributed by atoms with Gasteiger partial charge in [0, 0.05) is 0 Å². The number of rotatable bonds is 20.